The molecule has 2 fully saturated rings. The van der Waals surface area contributed by atoms with Gasteiger partial charge in [-0.05, 0) is 39.0 Å². The van der Waals surface area contributed by atoms with Crippen LogP contribution in [0.25, 0.3) is 0 Å². The summed E-state index contributed by atoms with van der Waals surface area (Å²) in [7, 11) is 1.67. The zero-order chi connectivity index (χ0) is 15.9. The van der Waals surface area contributed by atoms with Gasteiger partial charge < -0.3 is 15.0 Å². The number of carbonyl (C=O) groups excluding carboxylic acids is 2. The number of carbonyl (C=O) groups is 2. The van der Waals surface area contributed by atoms with Crippen molar-refractivity contribution < 1.29 is 14.3 Å². The Morgan fingerprint density at radius 3 is 2.41 bits per heavy atom. The maximum Gasteiger partial charge on any atom is 0.226 e. The number of ether oxygens (including phenoxy) is 1. The molecule has 0 bridgehead atoms. The topological polar surface area (TPSA) is 58.6 Å². The van der Waals surface area contributed by atoms with E-state index in [-0.39, 0.29) is 29.7 Å². The van der Waals surface area contributed by atoms with E-state index in [0.717, 1.165) is 58.0 Å². The Morgan fingerprint density at radius 1 is 1.14 bits per heavy atom. The van der Waals surface area contributed by atoms with Gasteiger partial charge in [-0.1, -0.05) is 12.8 Å². The lowest BCUT2D eigenvalue weighted by Gasteiger charge is -2.33. The van der Waals surface area contributed by atoms with Crippen LogP contribution in [-0.2, 0) is 14.3 Å². The van der Waals surface area contributed by atoms with Crippen molar-refractivity contribution in [1.82, 2.24) is 10.2 Å². The van der Waals surface area contributed by atoms with Crippen molar-refractivity contribution in [2.75, 3.05) is 26.8 Å². The first kappa shape index (κ1) is 17.3. The number of rotatable bonds is 6. The van der Waals surface area contributed by atoms with Gasteiger partial charge in [0.25, 0.3) is 0 Å². The van der Waals surface area contributed by atoms with Crippen molar-refractivity contribution in [3.63, 3.8) is 0 Å². The molecule has 3 unspecified atom stereocenters. The molecule has 1 saturated heterocycles. The lowest BCUT2D eigenvalue weighted by molar-refractivity contribution is -0.143. The summed E-state index contributed by atoms with van der Waals surface area (Å²) >= 11 is 0. The molecule has 126 valence electrons. The molecule has 1 aliphatic heterocycles. The maximum atomic E-state index is 12.7. The van der Waals surface area contributed by atoms with Gasteiger partial charge in [0.2, 0.25) is 11.8 Å². The van der Waals surface area contributed by atoms with Crippen LogP contribution in [0.4, 0.5) is 0 Å². The van der Waals surface area contributed by atoms with Crippen LogP contribution in [0, 0.1) is 11.8 Å². The van der Waals surface area contributed by atoms with Gasteiger partial charge in [-0.3, -0.25) is 9.59 Å². The quantitative estimate of drug-likeness (QED) is 0.816. The molecule has 22 heavy (non-hydrogen) atoms. The van der Waals surface area contributed by atoms with Crippen LogP contribution in [0.2, 0.25) is 0 Å². The molecule has 3 atom stereocenters. The van der Waals surface area contributed by atoms with E-state index in [1.165, 1.54) is 0 Å². The van der Waals surface area contributed by atoms with E-state index < -0.39 is 0 Å². The highest BCUT2D eigenvalue weighted by atomic mass is 16.5. The first-order valence-electron chi connectivity index (χ1n) is 8.71. The number of methoxy groups -OCH3 is 1. The predicted octanol–water partition coefficient (Wildman–Crippen LogP) is 1.96. The summed E-state index contributed by atoms with van der Waals surface area (Å²) in [4.78, 5) is 27.2. The monoisotopic (exact) mass is 310 g/mol. The van der Waals surface area contributed by atoms with Crippen LogP contribution in [0.3, 0.4) is 0 Å². The molecule has 2 amide bonds. The fourth-order valence-electron chi connectivity index (χ4n) is 3.63. The van der Waals surface area contributed by atoms with E-state index in [4.69, 9.17) is 4.74 Å². The molecule has 0 spiro atoms. The third kappa shape index (κ3) is 4.45. The van der Waals surface area contributed by atoms with Crippen molar-refractivity contribution in [2.45, 2.75) is 57.9 Å². The molecular formula is C17H30N2O3. The van der Waals surface area contributed by atoms with Gasteiger partial charge in [0.15, 0.2) is 0 Å². The van der Waals surface area contributed by atoms with Gasteiger partial charge in [-0.15, -0.1) is 0 Å². The zero-order valence-corrected chi connectivity index (χ0v) is 14.0. The number of amides is 2. The van der Waals surface area contributed by atoms with Gasteiger partial charge >= 0.3 is 0 Å². The van der Waals surface area contributed by atoms with Crippen LogP contribution in [-0.4, -0.2) is 49.6 Å². The van der Waals surface area contributed by atoms with Crippen LogP contribution < -0.4 is 5.32 Å². The fourth-order valence-corrected chi connectivity index (χ4v) is 3.63. The van der Waals surface area contributed by atoms with Crippen LogP contribution in [0.5, 0.6) is 0 Å². The van der Waals surface area contributed by atoms with E-state index in [1.807, 2.05) is 11.8 Å². The van der Waals surface area contributed by atoms with Crippen LogP contribution in [0.15, 0.2) is 0 Å². The summed E-state index contributed by atoms with van der Waals surface area (Å²) in [6, 6.07) is 0.0944. The summed E-state index contributed by atoms with van der Waals surface area (Å²) in [6.45, 7) is 4.38. The Bertz CT molecular complexity index is 380. The van der Waals surface area contributed by atoms with Crippen molar-refractivity contribution in [3.05, 3.63) is 0 Å². The van der Waals surface area contributed by atoms with Crippen LogP contribution in [0.1, 0.15) is 51.9 Å². The van der Waals surface area contributed by atoms with Crippen molar-refractivity contribution >= 4 is 11.8 Å². The summed E-state index contributed by atoms with van der Waals surface area (Å²) in [5.41, 5.74) is 0. The highest BCUT2D eigenvalue weighted by Gasteiger charge is 2.38. The van der Waals surface area contributed by atoms with E-state index in [9.17, 15) is 9.59 Å². The zero-order valence-electron chi connectivity index (χ0n) is 14.0. The SMILES string of the molecule is COCCC(C)NC(=O)C1CCCCC1C(=O)N1CCCC1. The Balaban J connectivity index is 1.93. The minimum atomic E-state index is -0.146. The fraction of sp³-hybridized carbons (Fsp3) is 0.882. The minimum absolute atomic E-state index is 0.0563. The van der Waals surface area contributed by atoms with Crippen molar-refractivity contribution in [2.24, 2.45) is 11.8 Å². The summed E-state index contributed by atoms with van der Waals surface area (Å²) < 4.78 is 5.05. The largest absolute Gasteiger partial charge is 0.385 e. The average Bonchev–Trinajstić information content (AvgIpc) is 3.06. The van der Waals surface area contributed by atoms with E-state index in [1.54, 1.807) is 7.11 Å². The second-order valence-electron chi connectivity index (χ2n) is 6.72. The lowest BCUT2D eigenvalue weighted by Crippen LogP contribution is -2.46. The number of nitrogens with one attached hydrogen (secondary N) is 1. The van der Waals surface area contributed by atoms with Gasteiger partial charge in [-0.2, -0.15) is 0 Å². The van der Waals surface area contributed by atoms with E-state index in [2.05, 4.69) is 5.32 Å². The summed E-state index contributed by atoms with van der Waals surface area (Å²) in [5.74, 6) is 0.0102. The number of nitrogens with zero attached hydrogens (tertiary/aromatic N) is 1. The number of hydrogen-bond acceptors (Lipinski definition) is 3. The Morgan fingerprint density at radius 2 is 1.77 bits per heavy atom. The molecular weight excluding hydrogens is 280 g/mol. The smallest absolute Gasteiger partial charge is 0.226 e. The number of likely N-dealkylation sites (tertiary alicyclic amines) is 1. The van der Waals surface area contributed by atoms with Gasteiger partial charge in [-0.25, -0.2) is 0 Å². The van der Waals surface area contributed by atoms with Gasteiger partial charge in [0.05, 0.1) is 0 Å². The van der Waals surface area contributed by atoms with E-state index >= 15 is 0 Å². The standard InChI is InChI=1S/C17H30N2O3/c1-13(9-12-22-2)18-16(20)14-7-3-4-8-15(14)17(21)19-10-5-6-11-19/h13-15H,3-12H2,1-2H3,(H,18,20). The third-order valence-corrected chi connectivity index (χ3v) is 4.98. The molecule has 5 heteroatoms. The highest BCUT2D eigenvalue weighted by molar-refractivity contribution is 5.88. The first-order valence-corrected chi connectivity index (χ1v) is 8.71. The minimum Gasteiger partial charge on any atom is -0.385 e. The summed E-state index contributed by atoms with van der Waals surface area (Å²) in [5, 5.41) is 3.07. The van der Waals surface area contributed by atoms with E-state index in [0.29, 0.717) is 6.61 Å². The lowest BCUT2D eigenvalue weighted by atomic mass is 9.77. The van der Waals surface area contributed by atoms with Crippen LogP contribution >= 0.6 is 0 Å². The Kier molecular flexibility index (Phi) is 6.68. The molecule has 1 aliphatic carbocycles. The molecule has 0 aromatic heterocycles. The molecule has 0 radical (unpaired) electrons. The van der Waals surface area contributed by atoms with Gasteiger partial charge in [0.1, 0.15) is 0 Å². The third-order valence-electron chi connectivity index (χ3n) is 4.98. The normalized spacial score (nSPS) is 26.7. The molecule has 0 aromatic rings. The highest BCUT2D eigenvalue weighted by Crippen LogP contribution is 2.32. The molecule has 0 aromatic carbocycles. The average molecular weight is 310 g/mol. The maximum absolute atomic E-state index is 12.7. The van der Waals surface area contributed by atoms with Crippen molar-refractivity contribution in [3.8, 4) is 0 Å². The first-order chi connectivity index (χ1) is 10.6. The molecule has 1 N–H and O–H groups in total. The molecule has 2 rings (SSSR count). The summed E-state index contributed by atoms with van der Waals surface area (Å²) in [6.07, 6.45) is 6.82. The Labute approximate surface area is 133 Å². The van der Waals surface area contributed by atoms with Gasteiger partial charge in [0, 0.05) is 44.7 Å². The second-order valence-corrected chi connectivity index (χ2v) is 6.72. The molecule has 2 aliphatic rings. The molecule has 1 heterocycles. The molecule has 1 saturated carbocycles. The second kappa shape index (κ2) is 8.51. The molecule has 5 nitrogen and oxygen atoms in total. The van der Waals surface area contributed by atoms with Crippen molar-refractivity contribution in [1.29, 1.82) is 0 Å². The number of hydrogen-bond donors (Lipinski definition) is 1. The Hall–Kier alpha value is -1.10. The predicted molar refractivity (Wildman–Crippen MR) is 85.4 cm³/mol.